The van der Waals surface area contributed by atoms with Crippen LogP contribution in [-0.4, -0.2) is 0 Å². The van der Waals surface area contributed by atoms with Gasteiger partial charge in [-0.15, -0.1) is 0 Å². The van der Waals surface area contributed by atoms with Crippen LogP contribution in [0, 0.1) is 17.2 Å². The highest BCUT2D eigenvalue weighted by Gasteiger charge is 2.14. The van der Waals surface area contributed by atoms with Gasteiger partial charge in [-0.05, 0) is 23.6 Å². The van der Waals surface area contributed by atoms with Gasteiger partial charge in [0.05, 0.1) is 16.3 Å². The molecule has 1 aromatic carbocycles. The summed E-state index contributed by atoms with van der Waals surface area (Å²) in [4.78, 5) is 0. The Bertz CT molecular complexity index is 407. The molecule has 0 saturated heterocycles. The van der Waals surface area contributed by atoms with Gasteiger partial charge in [0.15, 0.2) is 0 Å². The first-order chi connectivity index (χ1) is 6.97. The maximum atomic E-state index is 8.86. The van der Waals surface area contributed by atoms with E-state index in [1.54, 1.807) is 12.1 Å². The van der Waals surface area contributed by atoms with Crippen molar-refractivity contribution in [2.75, 3.05) is 5.73 Å². The zero-order chi connectivity index (χ0) is 11.6. The second-order valence-corrected chi connectivity index (χ2v) is 4.25. The van der Waals surface area contributed by atoms with E-state index < -0.39 is 0 Å². The Morgan fingerprint density at radius 1 is 1.40 bits per heavy atom. The van der Waals surface area contributed by atoms with Gasteiger partial charge >= 0.3 is 0 Å². The van der Waals surface area contributed by atoms with Crippen molar-refractivity contribution in [1.29, 1.82) is 5.26 Å². The van der Waals surface area contributed by atoms with Crippen LogP contribution in [-0.2, 0) is 0 Å². The SMILES string of the molecule is CC(C)C(N)c1cc(Cl)c(N)c(C#N)c1. The fourth-order valence-corrected chi connectivity index (χ4v) is 1.54. The minimum Gasteiger partial charge on any atom is -0.396 e. The highest BCUT2D eigenvalue weighted by atomic mass is 35.5. The molecular weight excluding hydrogens is 210 g/mol. The smallest absolute Gasteiger partial charge is 0.101 e. The van der Waals surface area contributed by atoms with Gasteiger partial charge in [0.25, 0.3) is 0 Å². The fraction of sp³-hybridized carbons (Fsp3) is 0.364. The van der Waals surface area contributed by atoms with E-state index >= 15 is 0 Å². The molecule has 0 radical (unpaired) electrons. The molecule has 1 unspecified atom stereocenters. The van der Waals surface area contributed by atoms with Gasteiger partial charge in [0.2, 0.25) is 0 Å². The topological polar surface area (TPSA) is 75.8 Å². The largest absolute Gasteiger partial charge is 0.396 e. The number of nitrogens with zero attached hydrogens (tertiary/aromatic N) is 1. The molecule has 4 heteroatoms. The van der Waals surface area contributed by atoms with Crippen LogP contribution in [0.3, 0.4) is 0 Å². The lowest BCUT2D eigenvalue weighted by Crippen LogP contribution is -2.17. The molecule has 0 bridgehead atoms. The number of benzene rings is 1. The molecule has 4 N–H and O–H groups in total. The van der Waals surface area contributed by atoms with Crippen LogP contribution >= 0.6 is 11.6 Å². The normalized spacial score (nSPS) is 12.5. The van der Waals surface area contributed by atoms with E-state index in [0.29, 0.717) is 16.3 Å². The van der Waals surface area contributed by atoms with Gasteiger partial charge in [-0.25, -0.2) is 0 Å². The molecule has 3 nitrogen and oxygen atoms in total. The molecule has 0 aliphatic carbocycles. The van der Waals surface area contributed by atoms with E-state index in [4.69, 9.17) is 28.3 Å². The summed E-state index contributed by atoms with van der Waals surface area (Å²) in [6.45, 7) is 4.03. The first-order valence-corrected chi connectivity index (χ1v) is 5.09. The molecule has 80 valence electrons. The number of halogens is 1. The average Bonchev–Trinajstić information content (AvgIpc) is 2.20. The molecule has 1 atom stereocenters. The molecule has 0 spiro atoms. The summed E-state index contributed by atoms with van der Waals surface area (Å²) in [6, 6.07) is 5.30. The van der Waals surface area contributed by atoms with Gasteiger partial charge in [-0.2, -0.15) is 5.26 Å². The lowest BCUT2D eigenvalue weighted by Gasteiger charge is -2.17. The van der Waals surface area contributed by atoms with Crippen LogP contribution in [0.15, 0.2) is 12.1 Å². The standard InChI is InChI=1S/C11H14ClN3/c1-6(2)10(14)7-3-8(5-13)11(15)9(12)4-7/h3-4,6,10H,14-15H2,1-2H3. The maximum Gasteiger partial charge on any atom is 0.101 e. The van der Waals surface area contributed by atoms with Crippen molar-refractivity contribution in [3.05, 3.63) is 28.3 Å². The predicted octanol–water partition coefficient (Wildman–Crippen LogP) is 2.45. The van der Waals surface area contributed by atoms with E-state index in [1.165, 1.54) is 0 Å². The number of hydrogen-bond donors (Lipinski definition) is 2. The molecule has 0 aliphatic heterocycles. The third-order valence-electron chi connectivity index (χ3n) is 2.38. The molecule has 15 heavy (non-hydrogen) atoms. The minimum absolute atomic E-state index is 0.129. The van der Waals surface area contributed by atoms with Crippen LogP contribution in [0.5, 0.6) is 0 Å². The Morgan fingerprint density at radius 2 is 2.00 bits per heavy atom. The van der Waals surface area contributed by atoms with Crippen LogP contribution in [0.1, 0.15) is 31.0 Å². The summed E-state index contributed by atoms with van der Waals surface area (Å²) >= 11 is 5.91. The zero-order valence-corrected chi connectivity index (χ0v) is 9.55. The molecule has 0 aromatic heterocycles. The second-order valence-electron chi connectivity index (χ2n) is 3.85. The van der Waals surface area contributed by atoms with Gasteiger partial charge in [-0.3, -0.25) is 0 Å². The third-order valence-corrected chi connectivity index (χ3v) is 2.69. The highest BCUT2D eigenvalue weighted by molar-refractivity contribution is 6.33. The first-order valence-electron chi connectivity index (χ1n) is 4.72. The van der Waals surface area contributed by atoms with Crippen molar-refractivity contribution in [3.8, 4) is 6.07 Å². The number of rotatable bonds is 2. The summed E-state index contributed by atoms with van der Waals surface area (Å²) in [7, 11) is 0. The van der Waals surface area contributed by atoms with Crippen molar-refractivity contribution in [3.63, 3.8) is 0 Å². The monoisotopic (exact) mass is 223 g/mol. The lowest BCUT2D eigenvalue weighted by atomic mass is 9.95. The van der Waals surface area contributed by atoms with E-state index in [1.807, 2.05) is 19.9 Å². The average molecular weight is 224 g/mol. The Morgan fingerprint density at radius 3 is 2.47 bits per heavy atom. The summed E-state index contributed by atoms with van der Waals surface area (Å²) in [6.07, 6.45) is 0. The third kappa shape index (κ3) is 2.41. The first kappa shape index (κ1) is 11.8. The summed E-state index contributed by atoms with van der Waals surface area (Å²) in [5.74, 6) is 0.288. The van der Waals surface area contributed by atoms with Crippen molar-refractivity contribution >= 4 is 17.3 Å². The summed E-state index contributed by atoms with van der Waals surface area (Å²) in [5, 5.41) is 9.25. The Kier molecular flexibility index (Phi) is 3.57. The van der Waals surface area contributed by atoms with E-state index in [-0.39, 0.29) is 12.0 Å². The maximum absolute atomic E-state index is 8.86. The molecule has 0 amide bonds. The summed E-state index contributed by atoms with van der Waals surface area (Å²) in [5.41, 5.74) is 13.2. The summed E-state index contributed by atoms with van der Waals surface area (Å²) < 4.78 is 0. The molecule has 0 heterocycles. The van der Waals surface area contributed by atoms with Gasteiger partial charge in [0, 0.05) is 6.04 Å². The van der Waals surface area contributed by atoms with Crippen LogP contribution in [0.2, 0.25) is 5.02 Å². The minimum atomic E-state index is -0.129. The van der Waals surface area contributed by atoms with Crippen LogP contribution in [0.4, 0.5) is 5.69 Å². The Hall–Kier alpha value is -1.24. The second kappa shape index (κ2) is 4.52. The van der Waals surface area contributed by atoms with E-state index in [9.17, 15) is 0 Å². The van der Waals surface area contributed by atoms with Gasteiger partial charge < -0.3 is 11.5 Å². The fourth-order valence-electron chi connectivity index (χ4n) is 1.31. The van der Waals surface area contributed by atoms with Crippen molar-refractivity contribution < 1.29 is 0 Å². The number of anilines is 1. The van der Waals surface area contributed by atoms with Gasteiger partial charge in [-0.1, -0.05) is 25.4 Å². The highest BCUT2D eigenvalue weighted by Crippen LogP contribution is 2.29. The number of nitrogen functional groups attached to an aromatic ring is 1. The Balaban J connectivity index is 3.24. The van der Waals surface area contributed by atoms with Crippen molar-refractivity contribution in [2.24, 2.45) is 11.7 Å². The van der Waals surface area contributed by atoms with Gasteiger partial charge in [0.1, 0.15) is 6.07 Å². The quantitative estimate of drug-likeness (QED) is 0.757. The van der Waals surface area contributed by atoms with E-state index in [2.05, 4.69) is 0 Å². The molecule has 1 rings (SSSR count). The van der Waals surface area contributed by atoms with E-state index in [0.717, 1.165) is 5.56 Å². The van der Waals surface area contributed by atoms with Crippen LogP contribution in [0.25, 0.3) is 0 Å². The Labute approximate surface area is 94.6 Å². The molecule has 0 fully saturated rings. The zero-order valence-electron chi connectivity index (χ0n) is 8.79. The predicted molar refractivity (Wildman–Crippen MR) is 62.3 cm³/mol. The molecular formula is C11H14ClN3. The molecule has 1 aromatic rings. The lowest BCUT2D eigenvalue weighted by molar-refractivity contribution is 0.514. The molecule has 0 aliphatic rings. The van der Waals surface area contributed by atoms with Crippen LogP contribution < -0.4 is 11.5 Å². The van der Waals surface area contributed by atoms with Crippen molar-refractivity contribution in [1.82, 2.24) is 0 Å². The van der Waals surface area contributed by atoms with Crippen molar-refractivity contribution in [2.45, 2.75) is 19.9 Å². The number of nitriles is 1. The number of nitrogens with two attached hydrogens (primary N) is 2. The molecule has 0 saturated carbocycles. The number of hydrogen-bond acceptors (Lipinski definition) is 3.